The molecule has 2 N–H and O–H groups in total. The molecule has 0 aliphatic heterocycles. The van der Waals surface area contributed by atoms with E-state index in [0.29, 0.717) is 0 Å². The van der Waals surface area contributed by atoms with Crippen LogP contribution in [0.1, 0.15) is 25.7 Å². The normalized spacial score (nSPS) is 11.8. The van der Waals surface area contributed by atoms with Crippen LogP contribution in [-0.2, 0) is 9.59 Å². The summed E-state index contributed by atoms with van der Waals surface area (Å²) >= 11 is 0. The van der Waals surface area contributed by atoms with Crippen LogP contribution in [0.3, 0.4) is 0 Å². The summed E-state index contributed by atoms with van der Waals surface area (Å²) in [6.07, 6.45) is -8.47. The first-order valence-corrected chi connectivity index (χ1v) is 6.62. The molecule has 0 spiro atoms. The van der Waals surface area contributed by atoms with Crippen molar-refractivity contribution in [3.8, 4) is 0 Å². The Morgan fingerprint density at radius 3 is 1.04 bits per heavy atom. The van der Waals surface area contributed by atoms with Crippen molar-refractivity contribution in [3.05, 3.63) is 51.6 Å². The third kappa shape index (κ3) is 6.42. The van der Waals surface area contributed by atoms with Gasteiger partial charge in [-0.15, -0.1) is 0 Å². The van der Waals surface area contributed by atoms with Crippen molar-refractivity contribution >= 4 is 11.9 Å². The van der Waals surface area contributed by atoms with Gasteiger partial charge in [0.25, 0.3) is 0 Å². The fourth-order valence-electron chi connectivity index (χ4n) is 1.90. The molecule has 0 aromatic rings. The first-order chi connectivity index (χ1) is 11.9. The molecule has 0 aliphatic carbocycles. The molecule has 0 rings (SSSR count). The standard InChI is InChI=1S/C10H12N4O12/c15-9(16)5(1-3-7(11(19)20)12(21)22)6(10(17)18)2-4-8(13(23)24)14(25)26/h7-8H,1-4H2,(H,15,16)(H,17,18)/b6-5-. The smallest absolute Gasteiger partial charge is 0.451 e. The lowest BCUT2D eigenvalue weighted by Crippen LogP contribution is -2.30. The molecule has 0 unspecified atom stereocenters. The number of aliphatic carboxylic acids is 2. The van der Waals surface area contributed by atoms with Gasteiger partial charge in [-0.25, -0.2) is 9.59 Å². The second kappa shape index (κ2) is 9.55. The van der Waals surface area contributed by atoms with Crippen LogP contribution in [0.15, 0.2) is 11.1 Å². The highest BCUT2D eigenvalue weighted by Crippen LogP contribution is 2.20. The minimum Gasteiger partial charge on any atom is -0.478 e. The molecule has 0 aromatic carbocycles. The minimum atomic E-state index is -2.38. The molecule has 0 saturated carbocycles. The maximum atomic E-state index is 11.2. The molecule has 0 aliphatic rings. The molecule has 16 heteroatoms. The maximum Gasteiger partial charge on any atom is 0.451 e. The lowest BCUT2D eigenvalue weighted by molar-refractivity contribution is -0.743. The lowest BCUT2D eigenvalue weighted by atomic mass is 9.98. The van der Waals surface area contributed by atoms with Crippen LogP contribution in [-0.4, -0.2) is 54.2 Å². The summed E-state index contributed by atoms with van der Waals surface area (Å²) in [5.41, 5.74) is -1.92. The van der Waals surface area contributed by atoms with Gasteiger partial charge in [-0.2, -0.15) is 0 Å². The number of carboxylic acids is 2. The first kappa shape index (κ1) is 22.3. The van der Waals surface area contributed by atoms with E-state index >= 15 is 0 Å². The number of carbonyl (C=O) groups is 2. The molecule has 0 radical (unpaired) electrons. The fraction of sp³-hybridized carbons (Fsp3) is 0.600. The van der Waals surface area contributed by atoms with Crippen LogP contribution in [0.4, 0.5) is 0 Å². The Bertz CT molecular complexity index is 587. The predicted molar refractivity (Wildman–Crippen MR) is 76.3 cm³/mol. The molecule has 144 valence electrons. The van der Waals surface area contributed by atoms with Crippen LogP contribution in [0.2, 0.25) is 0 Å². The van der Waals surface area contributed by atoms with Crippen LogP contribution >= 0.6 is 0 Å². The average molecular weight is 380 g/mol. The van der Waals surface area contributed by atoms with Crippen molar-refractivity contribution in [2.75, 3.05) is 0 Å². The predicted octanol–water partition coefficient (Wildman–Crippen LogP) is -0.228. The van der Waals surface area contributed by atoms with Gasteiger partial charge < -0.3 is 10.2 Å². The zero-order valence-electron chi connectivity index (χ0n) is 12.7. The van der Waals surface area contributed by atoms with Crippen molar-refractivity contribution in [2.45, 2.75) is 38.0 Å². The van der Waals surface area contributed by atoms with E-state index in [1.54, 1.807) is 0 Å². The van der Waals surface area contributed by atoms with Crippen LogP contribution in [0.5, 0.6) is 0 Å². The molecular weight excluding hydrogens is 368 g/mol. The summed E-state index contributed by atoms with van der Waals surface area (Å²) in [4.78, 5) is 59.3. The van der Waals surface area contributed by atoms with Gasteiger partial charge in [0.2, 0.25) is 0 Å². The van der Waals surface area contributed by atoms with E-state index in [-0.39, 0.29) is 0 Å². The van der Waals surface area contributed by atoms with Crippen molar-refractivity contribution in [3.63, 3.8) is 0 Å². The van der Waals surface area contributed by atoms with Crippen LogP contribution < -0.4 is 0 Å². The van der Waals surface area contributed by atoms with E-state index in [2.05, 4.69) is 0 Å². The van der Waals surface area contributed by atoms with Crippen LogP contribution in [0, 0.1) is 40.5 Å². The SMILES string of the molecule is O=C(O)/C(CCC([N+](=O)[O-])[N+](=O)[O-])=C(/CCC([N+](=O)[O-])[N+](=O)[O-])C(=O)O. The number of nitrogens with zero attached hydrogens (tertiary/aromatic N) is 4. The Kier molecular flexibility index (Phi) is 8.18. The topological polar surface area (TPSA) is 247 Å². The van der Waals surface area contributed by atoms with E-state index in [1.165, 1.54) is 0 Å². The summed E-state index contributed by atoms with van der Waals surface area (Å²) in [7, 11) is 0. The van der Waals surface area contributed by atoms with E-state index in [9.17, 15) is 50.0 Å². The Labute approximate surface area is 142 Å². The lowest BCUT2D eigenvalue weighted by Gasteiger charge is -2.09. The van der Waals surface area contributed by atoms with E-state index in [4.69, 9.17) is 10.2 Å². The van der Waals surface area contributed by atoms with E-state index in [0.717, 1.165) is 0 Å². The Hall–Kier alpha value is -3.72. The van der Waals surface area contributed by atoms with E-state index < -0.39 is 80.8 Å². The first-order valence-electron chi connectivity index (χ1n) is 6.62. The highest BCUT2D eigenvalue weighted by atomic mass is 16.7. The molecule has 26 heavy (non-hydrogen) atoms. The van der Waals surface area contributed by atoms with Gasteiger partial charge in [0.15, 0.2) is 0 Å². The summed E-state index contributed by atoms with van der Waals surface area (Å²) < 4.78 is 0. The molecule has 0 bridgehead atoms. The van der Waals surface area contributed by atoms with Crippen molar-refractivity contribution in [2.24, 2.45) is 0 Å². The van der Waals surface area contributed by atoms with Gasteiger partial charge in [-0.1, -0.05) is 0 Å². The van der Waals surface area contributed by atoms with Gasteiger partial charge in [-0.05, 0) is 12.8 Å². The van der Waals surface area contributed by atoms with Crippen LogP contribution in [0.25, 0.3) is 0 Å². The fourth-order valence-corrected chi connectivity index (χ4v) is 1.90. The third-order valence-electron chi connectivity index (χ3n) is 3.16. The largest absolute Gasteiger partial charge is 0.478 e. The molecule has 0 atom stereocenters. The Morgan fingerprint density at radius 2 is 0.885 bits per heavy atom. The summed E-state index contributed by atoms with van der Waals surface area (Å²) in [5, 5.41) is 60.2. The number of hydrogen-bond acceptors (Lipinski definition) is 10. The highest BCUT2D eigenvalue weighted by molar-refractivity contribution is 5.98. The summed E-state index contributed by atoms with van der Waals surface area (Å²) in [6.45, 7) is 0. The Morgan fingerprint density at radius 1 is 0.654 bits per heavy atom. The number of rotatable bonds is 12. The molecule has 0 saturated heterocycles. The number of nitro groups is 4. The molecule has 16 nitrogen and oxygen atoms in total. The second-order valence-corrected chi connectivity index (χ2v) is 4.75. The second-order valence-electron chi connectivity index (χ2n) is 4.75. The van der Waals surface area contributed by atoms with Crippen molar-refractivity contribution < 1.29 is 39.5 Å². The van der Waals surface area contributed by atoms with Crippen molar-refractivity contribution in [1.82, 2.24) is 0 Å². The maximum absolute atomic E-state index is 11.2. The molecule has 0 amide bonds. The minimum absolute atomic E-state index is 0.898. The average Bonchev–Trinajstić information content (AvgIpc) is 2.46. The molecule has 0 fully saturated rings. The highest BCUT2D eigenvalue weighted by Gasteiger charge is 2.36. The summed E-state index contributed by atoms with van der Waals surface area (Å²) in [5.74, 6) is -3.74. The zero-order valence-corrected chi connectivity index (χ0v) is 12.7. The molecular formula is C10H12N4O12. The van der Waals surface area contributed by atoms with E-state index in [1.807, 2.05) is 0 Å². The number of carboxylic acid groups (broad SMARTS) is 2. The quantitative estimate of drug-likeness (QED) is 0.193. The van der Waals surface area contributed by atoms with Gasteiger partial charge >= 0.3 is 24.3 Å². The summed E-state index contributed by atoms with van der Waals surface area (Å²) in [6, 6.07) is 0. The third-order valence-corrected chi connectivity index (χ3v) is 3.16. The number of hydrogen-bond donors (Lipinski definition) is 2. The Balaban J connectivity index is 5.61. The molecule has 0 heterocycles. The van der Waals surface area contributed by atoms with Crippen molar-refractivity contribution in [1.29, 1.82) is 0 Å². The van der Waals surface area contributed by atoms with Gasteiger partial charge in [0, 0.05) is 11.1 Å². The molecule has 0 aromatic heterocycles. The monoisotopic (exact) mass is 380 g/mol. The van der Waals surface area contributed by atoms with Gasteiger partial charge in [0.05, 0.1) is 32.5 Å². The zero-order chi connectivity index (χ0) is 20.6. The van der Waals surface area contributed by atoms with Gasteiger partial charge in [0.1, 0.15) is 0 Å². The van der Waals surface area contributed by atoms with Gasteiger partial charge in [-0.3, -0.25) is 40.5 Å².